The summed E-state index contributed by atoms with van der Waals surface area (Å²) < 4.78 is 1.48. The van der Waals surface area contributed by atoms with E-state index in [1.54, 1.807) is 29.8 Å². The van der Waals surface area contributed by atoms with Crippen LogP contribution in [0.4, 0.5) is 0 Å². The molecule has 3 aromatic heterocycles. The van der Waals surface area contributed by atoms with Crippen LogP contribution >= 0.6 is 22.9 Å². The molecular formula is C13H8ClN5O2S. The Morgan fingerprint density at radius 2 is 2.23 bits per heavy atom. The number of halogens is 1. The lowest BCUT2D eigenvalue weighted by Crippen LogP contribution is -2.18. The lowest BCUT2D eigenvalue weighted by molar-refractivity contribution is 0.0732. The van der Waals surface area contributed by atoms with Gasteiger partial charge in [-0.1, -0.05) is 16.4 Å². The van der Waals surface area contributed by atoms with Crippen molar-refractivity contribution in [2.75, 3.05) is 0 Å². The zero-order valence-corrected chi connectivity index (χ0v) is 12.6. The fraction of sp³-hybridized carbons (Fsp3) is 0.0769. The van der Waals surface area contributed by atoms with E-state index in [4.69, 9.17) is 16.4 Å². The molecule has 4 rings (SSSR count). The molecule has 4 aromatic rings. The van der Waals surface area contributed by atoms with Gasteiger partial charge in [-0.15, -0.1) is 16.4 Å². The lowest BCUT2D eigenvalue weighted by atomic mass is 10.3. The molecule has 0 fully saturated rings. The molecule has 0 N–H and O–H groups in total. The molecule has 0 atom stereocenters. The zero-order chi connectivity index (χ0) is 15.1. The van der Waals surface area contributed by atoms with E-state index in [1.165, 1.54) is 26.6 Å². The number of hydrogen-bond donors (Lipinski definition) is 0. The van der Waals surface area contributed by atoms with E-state index in [9.17, 15) is 4.79 Å². The minimum Gasteiger partial charge on any atom is -0.388 e. The molecule has 0 aliphatic carbocycles. The Hall–Kier alpha value is -2.45. The molecule has 0 unspecified atom stereocenters. The molecule has 7 nitrogen and oxygen atoms in total. The summed E-state index contributed by atoms with van der Waals surface area (Å²) in [5.74, 6) is 0. The Bertz CT molecular complexity index is 1040. The van der Waals surface area contributed by atoms with E-state index >= 15 is 0 Å². The van der Waals surface area contributed by atoms with Crippen molar-refractivity contribution in [3.05, 3.63) is 56.9 Å². The molecule has 9 heteroatoms. The number of thiazole rings is 1. The van der Waals surface area contributed by atoms with Crippen molar-refractivity contribution in [2.45, 2.75) is 6.61 Å². The van der Waals surface area contributed by atoms with E-state index in [0.717, 1.165) is 0 Å². The summed E-state index contributed by atoms with van der Waals surface area (Å²) in [6, 6.07) is 6.64. The predicted molar refractivity (Wildman–Crippen MR) is 82.2 cm³/mol. The van der Waals surface area contributed by atoms with Crippen molar-refractivity contribution in [2.24, 2.45) is 0 Å². The summed E-state index contributed by atoms with van der Waals surface area (Å²) in [5, 5.41) is 10.3. The molecule has 0 aliphatic rings. The Morgan fingerprint density at radius 1 is 1.32 bits per heavy atom. The first kappa shape index (κ1) is 13.2. The minimum absolute atomic E-state index is 0.106. The van der Waals surface area contributed by atoms with Crippen LogP contribution < -0.4 is 10.4 Å². The number of rotatable bonds is 3. The predicted octanol–water partition coefficient (Wildman–Crippen LogP) is 1.78. The number of fused-ring (bicyclic) bond motifs is 2. The average Bonchev–Trinajstić information content (AvgIpc) is 3.11. The molecule has 0 saturated heterocycles. The van der Waals surface area contributed by atoms with E-state index in [-0.39, 0.29) is 12.2 Å². The van der Waals surface area contributed by atoms with Gasteiger partial charge in [0, 0.05) is 22.7 Å². The molecular weight excluding hydrogens is 326 g/mol. The number of benzene rings is 1. The number of nitrogens with zero attached hydrogens (tertiary/aromatic N) is 5. The maximum absolute atomic E-state index is 11.9. The summed E-state index contributed by atoms with van der Waals surface area (Å²) in [6.45, 7) is 0.106. The van der Waals surface area contributed by atoms with Crippen LogP contribution in [0.3, 0.4) is 0 Å². The van der Waals surface area contributed by atoms with E-state index in [0.29, 0.717) is 26.7 Å². The maximum atomic E-state index is 11.9. The summed E-state index contributed by atoms with van der Waals surface area (Å²) in [4.78, 5) is 23.7. The Kier molecular flexibility index (Phi) is 3.05. The fourth-order valence-corrected chi connectivity index (χ4v) is 2.96. The molecule has 0 aliphatic heterocycles. The molecule has 0 radical (unpaired) electrons. The number of aromatic nitrogens is 5. The van der Waals surface area contributed by atoms with Crippen molar-refractivity contribution in [3.63, 3.8) is 0 Å². The van der Waals surface area contributed by atoms with Crippen LogP contribution in [0.2, 0.25) is 5.02 Å². The van der Waals surface area contributed by atoms with Crippen LogP contribution in [0.1, 0.15) is 5.69 Å². The van der Waals surface area contributed by atoms with Crippen molar-refractivity contribution in [1.29, 1.82) is 0 Å². The smallest absolute Gasteiger partial charge is 0.258 e. The fourth-order valence-electron chi connectivity index (χ4n) is 2.06. The van der Waals surface area contributed by atoms with Gasteiger partial charge in [-0.3, -0.25) is 9.20 Å². The molecule has 0 saturated carbocycles. The van der Waals surface area contributed by atoms with Gasteiger partial charge < -0.3 is 4.84 Å². The molecule has 0 spiro atoms. The molecule has 0 amide bonds. The summed E-state index contributed by atoms with van der Waals surface area (Å²) >= 11 is 7.35. The second kappa shape index (κ2) is 5.08. The highest BCUT2D eigenvalue weighted by Gasteiger charge is 2.08. The van der Waals surface area contributed by atoms with Crippen molar-refractivity contribution in [3.8, 4) is 0 Å². The van der Waals surface area contributed by atoms with Gasteiger partial charge in [0.1, 0.15) is 11.0 Å². The third-order valence-electron chi connectivity index (χ3n) is 3.07. The van der Waals surface area contributed by atoms with E-state index in [2.05, 4.69) is 15.3 Å². The highest BCUT2D eigenvalue weighted by Crippen LogP contribution is 2.16. The molecule has 110 valence electrons. The van der Waals surface area contributed by atoms with Crippen molar-refractivity contribution < 1.29 is 4.84 Å². The van der Waals surface area contributed by atoms with Crippen LogP contribution in [-0.4, -0.2) is 24.5 Å². The van der Waals surface area contributed by atoms with Gasteiger partial charge in [-0.2, -0.15) is 0 Å². The second-order valence-electron chi connectivity index (χ2n) is 4.51. The van der Waals surface area contributed by atoms with Gasteiger partial charge in [0.15, 0.2) is 11.6 Å². The first-order chi connectivity index (χ1) is 10.7. The molecule has 1 aromatic carbocycles. The summed E-state index contributed by atoms with van der Waals surface area (Å²) in [6.07, 6.45) is 1.69. The van der Waals surface area contributed by atoms with Crippen LogP contribution in [-0.2, 0) is 6.61 Å². The Balaban J connectivity index is 1.65. The third kappa shape index (κ3) is 2.22. The quantitative estimate of drug-likeness (QED) is 0.571. The van der Waals surface area contributed by atoms with Crippen molar-refractivity contribution in [1.82, 2.24) is 24.5 Å². The van der Waals surface area contributed by atoms with Gasteiger partial charge in [0.05, 0.1) is 5.69 Å². The maximum Gasteiger partial charge on any atom is 0.258 e. The number of hydrogen-bond acceptors (Lipinski definition) is 6. The van der Waals surface area contributed by atoms with Gasteiger partial charge in [-0.25, -0.2) is 4.98 Å². The second-order valence-corrected chi connectivity index (χ2v) is 5.82. The summed E-state index contributed by atoms with van der Waals surface area (Å²) in [5.41, 5.74) is 1.71. The SMILES string of the molecule is O=c1cc(COn2nnc3ccc(Cl)cc32)nc2sccn12. The first-order valence-electron chi connectivity index (χ1n) is 6.31. The summed E-state index contributed by atoms with van der Waals surface area (Å²) in [7, 11) is 0. The minimum atomic E-state index is -0.142. The van der Waals surface area contributed by atoms with Crippen LogP contribution in [0.25, 0.3) is 16.0 Å². The Morgan fingerprint density at radius 3 is 3.14 bits per heavy atom. The van der Waals surface area contributed by atoms with Crippen LogP contribution in [0.15, 0.2) is 40.6 Å². The largest absolute Gasteiger partial charge is 0.388 e. The molecule has 3 heterocycles. The van der Waals surface area contributed by atoms with Gasteiger partial charge >= 0.3 is 0 Å². The molecule has 0 bridgehead atoms. The van der Waals surface area contributed by atoms with Crippen LogP contribution in [0, 0.1) is 0 Å². The third-order valence-corrected chi connectivity index (χ3v) is 4.06. The van der Waals surface area contributed by atoms with Gasteiger partial charge in [-0.05, 0) is 23.4 Å². The standard InChI is InChI=1S/C13H8ClN5O2S/c14-8-1-2-10-11(5-8)19(17-16-10)21-7-9-6-12(20)18-3-4-22-13(18)15-9/h1-6H,7H2. The topological polar surface area (TPSA) is 74.3 Å². The van der Waals surface area contributed by atoms with Gasteiger partial charge in [0.2, 0.25) is 0 Å². The highest BCUT2D eigenvalue weighted by molar-refractivity contribution is 7.15. The molecule has 22 heavy (non-hydrogen) atoms. The highest BCUT2D eigenvalue weighted by atomic mass is 35.5. The monoisotopic (exact) mass is 333 g/mol. The lowest BCUT2D eigenvalue weighted by Gasteiger charge is -2.05. The van der Waals surface area contributed by atoms with E-state index in [1.807, 2.05) is 0 Å². The normalized spacial score (nSPS) is 11.3. The van der Waals surface area contributed by atoms with Crippen LogP contribution in [0.5, 0.6) is 0 Å². The zero-order valence-electron chi connectivity index (χ0n) is 11.0. The van der Waals surface area contributed by atoms with Gasteiger partial charge in [0.25, 0.3) is 5.56 Å². The van der Waals surface area contributed by atoms with Crippen molar-refractivity contribution >= 4 is 38.9 Å². The first-order valence-corrected chi connectivity index (χ1v) is 7.56. The average molecular weight is 334 g/mol. The Labute approximate surface area is 132 Å². The van der Waals surface area contributed by atoms with E-state index < -0.39 is 0 Å².